The average molecular weight is 335 g/mol. The lowest BCUT2D eigenvalue weighted by molar-refractivity contribution is 0.396. The van der Waals surface area contributed by atoms with Gasteiger partial charge in [-0.25, -0.2) is 4.98 Å². The Hall–Kier alpha value is -1.43. The Morgan fingerprint density at radius 2 is 1.70 bits per heavy atom. The van der Waals surface area contributed by atoms with Crippen LogP contribution in [0.4, 0.5) is 11.5 Å². The van der Waals surface area contributed by atoms with E-state index in [1.165, 1.54) is 20.4 Å². The fraction of sp³-hybridized carbons (Fsp3) is 0.167. The minimum atomic E-state index is 0.0791. The third-order valence-electron chi connectivity index (χ3n) is 2.44. The molecule has 0 saturated carbocycles. The molecule has 1 N–H and O–H groups in total. The Morgan fingerprint density at radius 1 is 1.00 bits per heavy atom. The fourth-order valence-corrected chi connectivity index (χ4v) is 2.03. The van der Waals surface area contributed by atoms with E-state index in [1.54, 1.807) is 12.1 Å². The molecular formula is C12H10Cl3N3O2. The van der Waals surface area contributed by atoms with Crippen LogP contribution in [0, 0.1) is 0 Å². The maximum atomic E-state index is 6.08. The van der Waals surface area contributed by atoms with Gasteiger partial charge in [0, 0.05) is 6.07 Å². The highest BCUT2D eigenvalue weighted by Gasteiger charge is 2.12. The molecule has 0 atom stereocenters. The van der Waals surface area contributed by atoms with Gasteiger partial charge in [-0.05, 0) is 17.7 Å². The lowest BCUT2D eigenvalue weighted by Gasteiger charge is -2.14. The Balaban J connectivity index is 2.42. The first-order valence-corrected chi connectivity index (χ1v) is 6.55. The minimum absolute atomic E-state index is 0.0791. The zero-order valence-electron chi connectivity index (χ0n) is 10.6. The highest BCUT2D eigenvalue weighted by Crippen LogP contribution is 2.38. The van der Waals surface area contributed by atoms with Gasteiger partial charge in [0.1, 0.15) is 16.5 Å². The molecule has 20 heavy (non-hydrogen) atoms. The smallest absolute Gasteiger partial charge is 0.224 e. The summed E-state index contributed by atoms with van der Waals surface area (Å²) in [6, 6.07) is 3.30. The first-order chi connectivity index (χ1) is 9.55. The van der Waals surface area contributed by atoms with E-state index in [1.807, 2.05) is 0 Å². The number of methoxy groups -OCH3 is 2. The zero-order valence-corrected chi connectivity index (χ0v) is 12.8. The fourth-order valence-electron chi connectivity index (χ4n) is 1.52. The van der Waals surface area contributed by atoms with Crippen molar-refractivity contribution in [2.75, 3.05) is 19.5 Å². The van der Waals surface area contributed by atoms with Crippen LogP contribution >= 0.6 is 34.8 Å². The van der Waals surface area contributed by atoms with E-state index >= 15 is 0 Å². The number of rotatable bonds is 4. The van der Waals surface area contributed by atoms with E-state index in [2.05, 4.69) is 15.3 Å². The molecule has 1 aromatic carbocycles. The van der Waals surface area contributed by atoms with Gasteiger partial charge in [0.2, 0.25) is 5.28 Å². The maximum absolute atomic E-state index is 6.08. The van der Waals surface area contributed by atoms with Crippen LogP contribution in [0.15, 0.2) is 18.3 Å². The highest BCUT2D eigenvalue weighted by molar-refractivity contribution is 6.34. The lowest BCUT2D eigenvalue weighted by atomic mass is 10.2. The molecule has 2 rings (SSSR count). The van der Waals surface area contributed by atoms with Crippen molar-refractivity contribution in [1.29, 1.82) is 0 Å². The van der Waals surface area contributed by atoms with E-state index in [-0.39, 0.29) is 5.28 Å². The number of halogens is 3. The van der Waals surface area contributed by atoms with Gasteiger partial charge in [-0.1, -0.05) is 23.2 Å². The normalized spacial score (nSPS) is 10.2. The summed E-state index contributed by atoms with van der Waals surface area (Å²) in [6.07, 6.45) is 1.40. The van der Waals surface area contributed by atoms with Crippen molar-refractivity contribution in [3.8, 4) is 11.5 Å². The Kier molecular flexibility index (Phi) is 4.75. The van der Waals surface area contributed by atoms with E-state index in [9.17, 15) is 0 Å². The summed E-state index contributed by atoms with van der Waals surface area (Å²) in [5.41, 5.74) is 0.579. The monoisotopic (exact) mass is 333 g/mol. The van der Waals surface area contributed by atoms with Crippen molar-refractivity contribution in [2.45, 2.75) is 0 Å². The predicted octanol–water partition coefficient (Wildman–Crippen LogP) is 4.20. The summed E-state index contributed by atoms with van der Waals surface area (Å²) in [6.45, 7) is 0. The largest absolute Gasteiger partial charge is 0.495 e. The number of hydrogen-bond acceptors (Lipinski definition) is 5. The molecule has 0 unspecified atom stereocenters. The van der Waals surface area contributed by atoms with Crippen LogP contribution in [-0.2, 0) is 0 Å². The molecule has 1 aromatic heterocycles. The van der Waals surface area contributed by atoms with Crippen molar-refractivity contribution >= 4 is 46.3 Å². The van der Waals surface area contributed by atoms with Gasteiger partial charge in [-0.3, -0.25) is 0 Å². The predicted molar refractivity (Wildman–Crippen MR) is 79.9 cm³/mol. The van der Waals surface area contributed by atoms with Crippen molar-refractivity contribution < 1.29 is 9.47 Å². The minimum Gasteiger partial charge on any atom is -0.495 e. The van der Waals surface area contributed by atoms with Crippen LogP contribution in [0.3, 0.4) is 0 Å². The van der Waals surface area contributed by atoms with Crippen LogP contribution in [0.2, 0.25) is 15.3 Å². The van der Waals surface area contributed by atoms with Gasteiger partial charge in [0.15, 0.2) is 5.82 Å². The van der Waals surface area contributed by atoms with Gasteiger partial charge in [0.05, 0.1) is 31.1 Å². The van der Waals surface area contributed by atoms with E-state index in [0.29, 0.717) is 33.0 Å². The third-order valence-corrected chi connectivity index (χ3v) is 3.20. The Morgan fingerprint density at radius 3 is 2.35 bits per heavy atom. The molecule has 0 saturated heterocycles. The van der Waals surface area contributed by atoms with Crippen LogP contribution in [-0.4, -0.2) is 24.2 Å². The Labute approximate surface area is 130 Å². The first kappa shape index (κ1) is 15.0. The van der Waals surface area contributed by atoms with Gasteiger partial charge in [-0.15, -0.1) is 0 Å². The van der Waals surface area contributed by atoms with Crippen molar-refractivity contribution in [3.63, 3.8) is 0 Å². The second kappa shape index (κ2) is 6.35. The van der Waals surface area contributed by atoms with Crippen molar-refractivity contribution in [2.24, 2.45) is 0 Å². The van der Waals surface area contributed by atoms with Gasteiger partial charge >= 0.3 is 0 Å². The molecule has 8 heteroatoms. The number of hydrogen-bond donors (Lipinski definition) is 1. The van der Waals surface area contributed by atoms with Gasteiger partial charge < -0.3 is 14.8 Å². The molecule has 0 aliphatic rings. The second-order valence-corrected chi connectivity index (χ2v) is 4.80. The molecule has 0 spiro atoms. The summed E-state index contributed by atoms with van der Waals surface area (Å²) in [7, 11) is 3.05. The molecule has 2 aromatic rings. The standard InChI is InChI=1S/C12H10Cl3N3O2/c1-19-9-4-10(20-2)8(3-6(9)13)17-11-7(14)5-16-12(15)18-11/h3-5H,1-2H3,(H,16,17,18). The van der Waals surface area contributed by atoms with E-state index < -0.39 is 0 Å². The van der Waals surface area contributed by atoms with Gasteiger partial charge in [0.25, 0.3) is 0 Å². The number of aromatic nitrogens is 2. The number of nitrogens with zero attached hydrogens (tertiary/aromatic N) is 2. The molecular weight excluding hydrogens is 325 g/mol. The van der Waals surface area contributed by atoms with Crippen LogP contribution in [0.1, 0.15) is 0 Å². The molecule has 106 valence electrons. The van der Waals surface area contributed by atoms with Crippen LogP contribution in [0.5, 0.6) is 11.5 Å². The van der Waals surface area contributed by atoms with Crippen LogP contribution in [0.25, 0.3) is 0 Å². The summed E-state index contributed by atoms with van der Waals surface area (Å²) >= 11 is 17.8. The summed E-state index contributed by atoms with van der Waals surface area (Å²) in [4.78, 5) is 7.77. The maximum Gasteiger partial charge on any atom is 0.224 e. The second-order valence-electron chi connectivity index (χ2n) is 3.65. The SMILES string of the molecule is COc1cc(OC)c(Nc2nc(Cl)ncc2Cl)cc1Cl. The molecule has 0 fully saturated rings. The molecule has 0 bridgehead atoms. The molecule has 1 heterocycles. The average Bonchev–Trinajstić information content (AvgIpc) is 2.43. The molecule has 5 nitrogen and oxygen atoms in total. The third kappa shape index (κ3) is 3.17. The molecule has 0 radical (unpaired) electrons. The molecule has 0 aliphatic carbocycles. The van der Waals surface area contributed by atoms with Gasteiger partial charge in [-0.2, -0.15) is 4.98 Å². The number of ether oxygens (including phenoxy) is 2. The van der Waals surface area contributed by atoms with E-state index in [0.717, 1.165) is 0 Å². The highest BCUT2D eigenvalue weighted by atomic mass is 35.5. The van der Waals surface area contributed by atoms with Crippen molar-refractivity contribution in [3.05, 3.63) is 33.7 Å². The summed E-state index contributed by atoms with van der Waals surface area (Å²) in [5, 5.41) is 3.82. The molecule has 0 aliphatic heterocycles. The van der Waals surface area contributed by atoms with Crippen LogP contribution < -0.4 is 14.8 Å². The Bertz CT molecular complexity index is 638. The number of benzene rings is 1. The zero-order chi connectivity index (χ0) is 14.7. The lowest BCUT2D eigenvalue weighted by Crippen LogP contribution is -1.99. The summed E-state index contributed by atoms with van der Waals surface area (Å²) in [5.74, 6) is 1.38. The number of anilines is 2. The van der Waals surface area contributed by atoms with Crippen molar-refractivity contribution in [1.82, 2.24) is 9.97 Å². The molecule has 0 amide bonds. The topological polar surface area (TPSA) is 56.3 Å². The number of nitrogens with one attached hydrogen (secondary N) is 1. The first-order valence-electron chi connectivity index (χ1n) is 5.41. The quantitative estimate of drug-likeness (QED) is 0.849. The van der Waals surface area contributed by atoms with E-state index in [4.69, 9.17) is 44.3 Å². The summed E-state index contributed by atoms with van der Waals surface area (Å²) < 4.78 is 10.4.